The van der Waals surface area contributed by atoms with E-state index in [4.69, 9.17) is 9.84 Å². The van der Waals surface area contributed by atoms with Crippen LogP contribution in [0.3, 0.4) is 0 Å². The molecule has 57 valence electrons. The molecule has 3 nitrogen and oxygen atoms in total. The number of phenolic OH excluding ortho intramolecular Hbond substituents is 1. The molecule has 0 spiro atoms. The predicted molar refractivity (Wildman–Crippen MR) is 39.3 cm³/mol. The molecule has 0 aliphatic heterocycles. The first-order chi connectivity index (χ1) is 5.34. The van der Waals surface area contributed by atoms with Gasteiger partial charge in [-0.2, -0.15) is 0 Å². The van der Waals surface area contributed by atoms with Gasteiger partial charge in [0.15, 0.2) is 18.1 Å². The van der Waals surface area contributed by atoms with Crippen LogP contribution in [0.15, 0.2) is 24.3 Å². The number of para-hydroxylation sites is 2. The van der Waals surface area contributed by atoms with Crippen LogP contribution in [0.25, 0.3) is 0 Å². The Morgan fingerprint density at radius 3 is 2.82 bits per heavy atom. The van der Waals surface area contributed by atoms with Crippen LogP contribution >= 0.6 is 0 Å². The van der Waals surface area contributed by atoms with Crippen molar-refractivity contribution in [3.63, 3.8) is 0 Å². The van der Waals surface area contributed by atoms with Gasteiger partial charge in [-0.25, -0.2) is 0 Å². The average molecular weight is 151 g/mol. The zero-order chi connectivity index (χ0) is 8.10. The molecule has 0 bridgehead atoms. The highest BCUT2D eigenvalue weighted by Crippen LogP contribution is 2.23. The van der Waals surface area contributed by atoms with Crippen molar-refractivity contribution >= 4 is 6.29 Å². The van der Waals surface area contributed by atoms with Crippen molar-refractivity contribution in [3.05, 3.63) is 24.3 Å². The second-order valence-electron chi connectivity index (χ2n) is 1.90. The molecule has 1 rings (SSSR count). The van der Waals surface area contributed by atoms with E-state index in [1.165, 1.54) is 6.07 Å². The highest BCUT2D eigenvalue weighted by atomic mass is 16.5. The maximum Gasteiger partial charge on any atom is 0.239 e. The fraction of sp³-hybridized carbons (Fsp3) is 0.125. The molecule has 0 unspecified atom stereocenters. The summed E-state index contributed by atoms with van der Waals surface area (Å²) in [6, 6.07) is 6.44. The van der Waals surface area contributed by atoms with E-state index < -0.39 is 0 Å². The summed E-state index contributed by atoms with van der Waals surface area (Å²) in [7, 11) is 0. The minimum atomic E-state index is -0.155. The molecule has 0 amide bonds. The summed E-state index contributed by atoms with van der Waals surface area (Å²) in [4.78, 5) is 9.76. The van der Waals surface area contributed by atoms with Gasteiger partial charge < -0.3 is 9.84 Å². The van der Waals surface area contributed by atoms with E-state index in [9.17, 15) is 4.79 Å². The lowest BCUT2D eigenvalue weighted by Gasteiger charge is -2.02. The van der Waals surface area contributed by atoms with E-state index in [0.29, 0.717) is 5.75 Å². The summed E-state index contributed by atoms with van der Waals surface area (Å²) in [6.45, 7) is -0.155. The molecule has 0 heterocycles. The number of hydrogen-bond donors (Lipinski definition) is 1. The SMILES string of the molecule is O=[C]COc1ccccc1O. The minimum Gasteiger partial charge on any atom is -0.504 e. The van der Waals surface area contributed by atoms with E-state index >= 15 is 0 Å². The molecule has 3 heteroatoms. The second kappa shape index (κ2) is 3.61. The molecule has 1 N–H and O–H groups in total. The number of ether oxygens (including phenoxy) is 1. The monoisotopic (exact) mass is 151 g/mol. The maximum absolute atomic E-state index is 9.76. The van der Waals surface area contributed by atoms with Crippen molar-refractivity contribution < 1.29 is 14.6 Å². The van der Waals surface area contributed by atoms with E-state index in [1.54, 1.807) is 24.5 Å². The van der Waals surface area contributed by atoms with E-state index in [1.807, 2.05) is 0 Å². The molecule has 0 atom stereocenters. The standard InChI is InChI=1S/C8H7O3/c9-5-6-11-8-4-2-1-3-7(8)10/h1-4,10H,6H2. The fourth-order valence-electron chi connectivity index (χ4n) is 0.686. The van der Waals surface area contributed by atoms with E-state index in [-0.39, 0.29) is 12.4 Å². The second-order valence-corrected chi connectivity index (χ2v) is 1.90. The molecule has 0 aliphatic carbocycles. The molecule has 11 heavy (non-hydrogen) atoms. The summed E-state index contributed by atoms with van der Waals surface area (Å²) in [6.07, 6.45) is 1.56. The normalized spacial score (nSPS) is 9.09. The molecular formula is C8H7O3. The highest BCUT2D eigenvalue weighted by Gasteiger charge is 1.97. The van der Waals surface area contributed by atoms with Crippen molar-refractivity contribution in [1.29, 1.82) is 0 Å². The van der Waals surface area contributed by atoms with E-state index in [0.717, 1.165) is 0 Å². The molecule has 1 radical (unpaired) electrons. The summed E-state index contributed by atoms with van der Waals surface area (Å²) >= 11 is 0. The summed E-state index contributed by atoms with van der Waals surface area (Å²) in [5.74, 6) is 0.332. The van der Waals surface area contributed by atoms with Gasteiger partial charge >= 0.3 is 0 Å². The molecule has 0 fully saturated rings. The quantitative estimate of drug-likeness (QED) is 0.697. The Labute approximate surface area is 64.2 Å². The van der Waals surface area contributed by atoms with Crippen molar-refractivity contribution in [3.8, 4) is 11.5 Å². The summed E-state index contributed by atoms with van der Waals surface area (Å²) in [5.41, 5.74) is 0. The Hall–Kier alpha value is -1.51. The van der Waals surface area contributed by atoms with Gasteiger partial charge in [0.25, 0.3) is 0 Å². The van der Waals surface area contributed by atoms with Crippen molar-refractivity contribution in [2.45, 2.75) is 0 Å². The minimum absolute atomic E-state index is 0.0303. The molecule has 0 saturated heterocycles. The first-order valence-electron chi connectivity index (χ1n) is 3.10. The van der Waals surface area contributed by atoms with Gasteiger partial charge in [0.2, 0.25) is 6.29 Å². The van der Waals surface area contributed by atoms with Crippen LogP contribution in [-0.4, -0.2) is 18.0 Å². The molecule has 1 aromatic rings. The smallest absolute Gasteiger partial charge is 0.239 e. The van der Waals surface area contributed by atoms with Crippen LogP contribution in [0.5, 0.6) is 11.5 Å². The van der Waals surface area contributed by atoms with E-state index in [2.05, 4.69) is 0 Å². The fourth-order valence-corrected chi connectivity index (χ4v) is 0.686. The number of hydrogen-bond acceptors (Lipinski definition) is 3. The van der Waals surface area contributed by atoms with Gasteiger partial charge in [0.1, 0.15) is 0 Å². The topological polar surface area (TPSA) is 46.5 Å². The third-order valence-corrected chi connectivity index (χ3v) is 1.15. The third kappa shape index (κ3) is 1.97. The molecule has 0 aliphatic rings. The van der Waals surface area contributed by atoms with Crippen molar-refractivity contribution in [1.82, 2.24) is 0 Å². The molecule has 1 aromatic carbocycles. The van der Waals surface area contributed by atoms with Gasteiger partial charge in [-0.1, -0.05) is 12.1 Å². The third-order valence-electron chi connectivity index (χ3n) is 1.15. The van der Waals surface area contributed by atoms with Crippen LogP contribution in [0.4, 0.5) is 0 Å². The number of aromatic hydroxyl groups is 1. The average Bonchev–Trinajstić information content (AvgIpc) is 2.03. The van der Waals surface area contributed by atoms with Crippen molar-refractivity contribution in [2.75, 3.05) is 6.61 Å². The number of carbonyl (C=O) groups excluding carboxylic acids is 1. The first kappa shape index (κ1) is 7.60. The van der Waals surface area contributed by atoms with Gasteiger partial charge in [-0.3, -0.25) is 4.79 Å². The number of benzene rings is 1. The zero-order valence-corrected chi connectivity index (χ0v) is 5.78. The largest absolute Gasteiger partial charge is 0.504 e. The Morgan fingerprint density at radius 2 is 2.18 bits per heavy atom. The van der Waals surface area contributed by atoms with Gasteiger partial charge in [-0.15, -0.1) is 0 Å². The molecule has 0 aromatic heterocycles. The molecular weight excluding hydrogens is 144 g/mol. The number of phenols is 1. The Kier molecular flexibility index (Phi) is 2.49. The van der Waals surface area contributed by atoms with Crippen LogP contribution in [-0.2, 0) is 4.79 Å². The van der Waals surface area contributed by atoms with Crippen LogP contribution in [0, 0.1) is 0 Å². The zero-order valence-electron chi connectivity index (χ0n) is 5.78. The predicted octanol–water partition coefficient (Wildman–Crippen LogP) is 0.881. The number of rotatable bonds is 3. The first-order valence-corrected chi connectivity index (χ1v) is 3.10. The lowest BCUT2D eigenvalue weighted by molar-refractivity contribution is 0.339. The van der Waals surface area contributed by atoms with Gasteiger partial charge in [0.05, 0.1) is 0 Å². The summed E-state index contributed by atoms with van der Waals surface area (Å²) < 4.78 is 4.81. The highest BCUT2D eigenvalue weighted by molar-refractivity contribution is 5.53. The Balaban J connectivity index is 2.69. The van der Waals surface area contributed by atoms with Crippen LogP contribution in [0.2, 0.25) is 0 Å². The lowest BCUT2D eigenvalue weighted by atomic mass is 10.3. The van der Waals surface area contributed by atoms with Gasteiger partial charge in [0, 0.05) is 0 Å². The Morgan fingerprint density at radius 1 is 1.45 bits per heavy atom. The lowest BCUT2D eigenvalue weighted by Crippen LogP contribution is -1.97. The maximum atomic E-state index is 9.76. The van der Waals surface area contributed by atoms with Crippen molar-refractivity contribution in [2.24, 2.45) is 0 Å². The van der Waals surface area contributed by atoms with Gasteiger partial charge in [-0.05, 0) is 12.1 Å². The molecule has 0 saturated carbocycles. The Bertz CT molecular complexity index is 245. The van der Waals surface area contributed by atoms with Crippen LogP contribution in [0.1, 0.15) is 0 Å². The van der Waals surface area contributed by atoms with Crippen LogP contribution < -0.4 is 4.74 Å². The summed E-state index contributed by atoms with van der Waals surface area (Å²) in [5, 5.41) is 9.08.